The molecule has 0 saturated carbocycles. The molecule has 3 rings (SSSR count). The molecule has 2 aromatic rings. The SMILES string of the molecule is CCOC(=O)CCCN1CCn2nc(C(=O)NC[C@H](NC(=O)OCc3ccccc3)C(=O)O)cc2C1=O. The number of carboxylic acid groups (broad SMARTS) is 1. The number of nitrogens with zero attached hydrogens (tertiary/aromatic N) is 3. The fourth-order valence-corrected chi connectivity index (χ4v) is 3.60. The summed E-state index contributed by atoms with van der Waals surface area (Å²) in [6, 6.07) is 8.74. The van der Waals surface area contributed by atoms with Gasteiger partial charge in [-0.3, -0.25) is 19.1 Å². The predicted octanol–water partition coefficient (Wildman–Crippen LogP) is 0.792. The van der Waals surface area contributed by atoms with Crippen LogP contribution in [0.25, 0.3) is 0 Å². The summed E-state index contributed by atoms with van der Waals surface area (Å²) in [4.78, 5) is 62.0. The molecule has 1 aliphatic heterocycles. The van der Waals surface area contributed by atoms with Crippen LogP contribution in [-0.2, 0) is 32.2 Å². The minimum absolute atomic E-state index is 0.0422. The number of carbonyl (C=O) groups excluding carboxylic acids is 4. The summed E-state index contributed by atoms with van der Waals surface area (Å²) in [6.45, 7) is 2.64. The molecule has 0 radical (unpaired) electrons. The summed E-state index contributed by atoms with van der Waals surface area (Å²) in [6.07, 6.45) is -0.302. The highest BCUT2D eigenvalue weighted by molar-refractivity contribution is 5.98. The lowest BCUT2D eigenvalue weighted by atomic mass is 10.2. The van der Waals surface area contributed by atoms with Crippen molar-refractivity contribution in [2.45, 2.75) is 39.0 Å². The van der Waals surface area contributed by atoms with Crippen LogP contribution >= 0.6 is 0 Å². The number of amides is 3. The Labute approximate surface area is 212 Å². The van der Waals surface area contributed by atoms with E-state index in [4.69, 9.17) is 9.47 Å². The molecule has 13 nitrogen and oxygen atoms in total. The zero-order chi connectivity index (χ0) is 26.8. The highest BCUT2D eigenvalue weighted by Gasteiger charge is 2.28. The first-order chi connectivity index (χ1) is 17.8. The van der Waals surface area contributed by atoms with E-state index in [0.29, 0.717) is 32.7 Å². The molecule has 3 N–H and O–H groups in total. The van der Waals surface area contributed by atoms with Gasteiger partial charge in [0.1, 0.15) is 18.3 Å². The zero-order valence-corrected chi connectivity index (χ0v) is 20.3. The van der Waals surface area contributed by atoms with Crippen molar-refractivity contribution in [1.82, 2.24) is 25.3 Å². The molecule has 0 bridgehead atoms. The average molecular weight is 516 g/mol. The van der Waals surface area contributed by atoms with E-state index in [1.54, 1.807) is 36.1 Å². The van der Waals surface area contributed by atoms with E-state index in [1.807, 2.05) is 6.07 Å². The fourth-order valence-electron chi connectivity index (χ4n) is 3.60. The summed E-state index contributed by atoms with van der Waals surface area (Å²) < 4.78 is 11.3. The topological polar surface area (TPSA) is 169 Å². The van der Waals surface area contributed by atoms with E-state index in [0.717, 1.165) is 5.56 Å². The molecule has 13 heteroatoms. The molecule has 1 aromatic heterocycles. The van der Waals surface area contributed by atoms with E-state index in [1.165, 1.54) is 10.7 Å². The van der Waals surface area contributed by atoms with Crippen LogP contribution in [0.2, 0.25) is 0 Å². The Kier molecular flexibility index (Phi) is 9.58. The van der Waals surface area contributed by atoms with E-state index in [2.05, 4.69) is 15.7 Å². The summed E-state index contributed by atoms with van der Waals surface area (Å²) in [7, 11) is 0. The minimum Gasteiger partial charge on any atom is -0.480 e. The monoisotopic (exact) mass is 515 g/mol. The number of benzene rings is 1. The van der Waals surface area contributed by atoms with Crippen LogP contribution in [0.15, 0.2) is 36.4 Å². The minimum atomic E-state index is -1.44. The normalized spacial score (nSPS) is 13.3. The molecule has 3 amide bonds. The maximum absolute atomic E-state index is 12.8. The fraction of sp³-hybridized carbons (Fsp3) is 0.417. The Hall–Kier alpha value is -4.42. The number of aromatic nitrogens is 2. The largest absolute Gasteiger partial charge is 0.480 e. The van der Waals surface area contributed by atoms with Crippen molar-refractivity contribution in [3.63, 3.8) is 0 Å². The van der Waals surface area contributed by atoms with Crippen molar-refractivity contribution in [1.29, 1.82) is 0 Å². The number of ether oxygens (including phenoxy) is 2. The van der Waals surface area contributed by atoms with Crippen LogP contribution in [0.3, 0.4) is 0 Å². The lowest BCUT2D eigenvalue weighted by molar-refractivity contribution is -0.143. The van der Waals surface area contributed by atoms with Crippen molar-refractivity contribution in [2.24, 2.45) is 0 Å². The van der Waals surface area contributed by atoms with Crippen molar-refractivity contribution < 1.29 is 38.6 Å². The average Bonchev–Trinajstić information content (AvgIpc) is 3.32. The lowest BCUT2D eigenvalue weighted by Crippen LogP contribution is -2.48. The van der Waals surface area contributed by atoms with Crippen LogP contribution in [0, 0.1) is 0 Å². The Bertz CT molecular complexity index is 1130. The van der Waals surface area contributed by atoms with Gasteiger partial charge in [-0.15, -0.1) is 0 Å². The molecule has 0 saturated heterocycles. The van der Waals surface area contributed by atoms with Crippen molar-refractivity contribution in [2.75, 3.05) is 26.2 Å². The number of hydrogen-bond donors (Lipinski definition) is 3. The second-order valence-electron chi connectivity index (χ2n) is 8.15. The van der Waals surface area contributed by atoms with Crippen LogP contribution < -0.4 is 10.6 Å². The molecule has 1 aliphatic rings. The molecule has 1 aromatic carbocycles. The molecule has 0 unspecified atom stereocenters. The number of carbonyl (C=O) groups is 5. The van der Waals surface area contributed by atoms with Gasteiger partial charge in [0.05, 0.1) is 13.2 Å². The predicted molar refractivity (Wildman–Crippen MR) is 128 cm³/mol. The highest BCUT2D eigenvalue weighted by atomic mass is 16.5. The second-order valence-corrected chi connectivity index (χ2v) is 8.15. The van der Waals surface area contributed by atoms with Gasteiger partial charge < -0.3 is 30.1 Å². The Balaban J connectivity index is 1.50. The Morgan fingerprint density at radius 3 is 2.59 bits per heavy atom. The molecule has 1 atom stereocenters. The van der Waals surface area contributed by atoms with Crippen molar-refractivity contribution in [3.8, 4) is 0 Å². The van der Waals surface area contributed by atoms with E-state index < -0.39 is 30.6 Å². The third-order valence-electron chi connectivity index (χ3n) is 5.48. The molecule has 0 spiro atoms. The summed E-state index contributed by atoms with van der Waals surface area (Å²) in [5.74, 6) is -2.72. The Morgan fingerprint density at radius 1 is 1.14 bits per heavy atom. The number of carboxylic acids is 1. The number of rotatable bonds is 12. The molecular weight excluding hydrogens is 486 g/mol. The molecule has 198 valence electrons. The second kappa shape index (κ2) is 13.0. The number of nitrogens with one attached hydrogen (secondary N) is 2. The van der Waals surface area contributed by atoms with E-state index >= 15 is 0 Å². The van der Waals surface area contributed by atoms with Gasteiger partial charge in [-0.2, -0.15) is 5.10 Å². The summed E-state index contributed by atoms with van der Waals surface area (Å²) in [5, 5.41) is 18.1. The quantitative estimate of drug-likeness (QED) is 0.346. The summed E-state index contributed by atoms with van der Waals surface area (Å²) >= 11 is 0. The third-order valence-corrected chi connectivity index (χ3v) is 5.48. The van der Waals surface area contributed by atoms with Gasteiger partial charge in [0.15, 0.2) is 5.69 Å². The van der Waals surface area contributed by atoms with Gasteiger partial charge in [0, 0.05) is 32.1 Å². The summed E-state index contributed by atoms with van der Waals surface area (Å²) in [5.41, 5.74) is 0.881. The first kappa shape index (κ1) is 27.2. The van der Waals surface area contributed by atoms with Gasteiger partial charge in [-0.1, -0.05) is 30.3 Å². The maximum Gasteiger partial charge on any atom is 0.408 e. The van der Waals surface area contributed by atoms with Crippen LogP contribution in [0.4, 0.5) is 4.79 Å². The third kappa shape index (κ3) is 7.78. The molecular formula is C24H29N5O8. The zero-order valence-electron chi connectivity index (χ0n) is 20.3. The van der Waals surface area contributed by atoms with Gasteiger partial charge >= 0.3 is 18.0 Å². The van der Waals surface area contributed by atoms with E-state index in [-0.39, 0.29) is 36.3 Å². The number of hydrogen-bond acceptors (Lipinski definition) is 8. The molecule has 37 heavy (non-hydrogen) atoms. The first-order valence-electron chi connectivity index (χ1n) is 11.8. The van der Waals surface area contributed by atoms with Gasteiger partial charge in [-0.05, 0) is 18.9 Å². The van der Waals surface area contributed by atoms with Crippen LogP contribution in [-0.4, -0.2) is 81.9 Å². The lowest BCUT2D eigenvalue weighted by Gasteiger charge is -2.27. The molecule has 0 fully saturated rings. The first-order valence-corrected chi connectivity index (χ1v) is 11.8. The molecule has 0 aliphatic carbocycles. The highest BCUT2D eigenvalue weighted by Crippen LogP contribution is 2.15. The Morgan fingerprint density at radius 2 is 1.89 bits per heavy atom. The van der Waals surface area contributed by atoms with Crippen molar-refractivity contribution >= 4 is 29.8 Å². The van der Waals surface area contributed by atoms with Gasteiger partial charge in [0.25, 0.3) is 11.8 Å². The van der Waals surface area contributed by atoms with Crippen LogP contribution in [0.1, 0.15) is 46.3 Å². The van der Waals surface area contributed by atoms with Gasteiger partial charge in [0.2, 0.25) is 0 Å². The van der Waals surface area contributed by atoms with Crippen molar-refractivity contribution in [3.05, 3.63) is 53.3 Å². The number of esters is 1. The molecule has 2 heterocycles. The van der Waals surface area contributed by atoms with E-state index in [9.17, 15) is 29.1 Å². The van der Waals surface area contributed by atoms with Crippen LogP contribution in [0.5, 0.6) is 0 Å². The number of aliphatic carboxylic acids is 1. The number of fused-ring (bicyclic) bond motifs is 1. The smallest absolute Gasteiger partial charge is 0.408 e. The van der Waals surface area contributed by atoms with Gasteiger partial charge in [-0.25, -0.2) is 9.59 Å². The maximum atomic E-state index is 12.8. The standard InChI is InChI=1S/C24H29N5O8/c1-2-36-20(30)9-6-10-28-11-12-29-19(22(28)32)13-17(27-29)21(31)25-14-18(23(33)34)26-24(35)37-15-16-7-4-3-5-8-16/h3-5,7-8,13,18H,2,6,9-12,14-15H2,1H3,(H,25,31)(H,26,35)(H,33,34)/t18-/m0/s1. The number of alkyl carbamates (subject to hydrolysis) is 1.